The van der Waals surface area contributed by atoms with Gasteiger partial charge in [-0.15, -0.1) is 0 Å². The minimum Gasteiger partial charge on any atom is -0.494 e. The predicted octanol–water partition coefficient (Wildman–Crippen LogP) is 2.41. The van der Waals surface area contributed by atoms with Crippen molar-refractivity contribution in [3.63, 3.8) is 0 Å². The summed E-state index contributed by atoms with van der Waals surface area (Å²) >= 11 is 0. The van der Waals surface area contributed by atoms with Crippen molar-refractivity contribution in [2.75, 3.05) is 19.0 Å². The van der Waals surface area contributed by atoms with Gasteiger partial charge in [0.15, 0.2) is 0 Å². The van der Waals surface area contributed by atoms with Crippen LogP contribution in [0.25, 0.3) is 0 Å². The Morgan fingerprint density at radius 1 is 1.33 bits per heavy atom. The number of methoxy groups -OCH3 is 1. The van der Waals surface area contributed by atoms with E-state index in [2.05, 4.69) is 12.2 Å². The first kappa shape index (κ1) is 14.8. The minimum absolute atomic E-state index is 0.0287. The molecule has 0 aromatic heterocycles. The van der Waals surface area contributed by atoms with Crippen LogP contribution in [-0.4, -0.2) is 31.0 Å². The molecule has 0 amide bonds. The van der Waals surface area contributed by atoms with Crippen LogP contribution in [0.5, 0.6) is 5.75 Å². The maximum Gasteiger partial charge on any atom is 0.124 e. The molecule has 4 nitrogen and oxygen atoms in total. The molecular weight excluding hydrogens is 230 g/mol. The third kappa shape index (κ3) is 3.89. The van der Waals surface area contributed by atoms with E-state index in [1.807, 2.05) is 32.0 Å². The molecule has 0 radical (unpaired) electrons. The number of aliphatic hydroxyl groups is 1. The van der Waals surface area contributed by atoms with Gasteiger partial charge < -0.3 is 19.9 Å². The predicted molar refractivity (Wildman–Crippen MR) is 73.1 cm³/mol. The number of nitrogens with one attached hydrogen (secondary N) is 1. The quantitative estimate of drug-likeness (QED) is 0.783. The Labute approximate surface area is 109 Å². The van der Waals surface area contributed by atoms with Gasteiger partial charge in [0.25, 0.3) is 0 Å². The molecule has 2 N–H and O–H groups in total. The summed E-state index contributed by atoms with van der Waals surface area (Å²) in [4.78, 5) is 0. The van der Waals surface area contributed by atoms with Gasteiger partial charge in [0.2, 0.25) is 0 Å². The summed E-state index contributed by atoms with van der Waals surface area (Å²) < 4.78 is 10.7. The van der Waals surface area contributed by atoms with Crippen molar-refractivity contribution in [3.8, 4) is 5.75 Å². The Kier molecular flexibility index (Phi) is 5.95. The van der Waals surface area contributed by atoms with Crippen LogP contribution >= 0.6 is 0 Å². The summed E-state index contributed by atoms with van der Waals surface area (Å²) in [5, 5.41) is 12.7. The van der Waals surface area contributed by atoms with E-state index in [4.69, 9.17) is 9.47 Å². The van der Waals surface area contributed by atoms with Gasteiger partial charge in [-0.2, -0.15) is 0 Å². The molecule has 1 aromatic rings. The van der Waals surface area contributed by atoms with Gasteiger partial charge >= 0.3 is 0 Å². The first-order chi connectivity index (χ1) is 8.62. The number of ether oxygens (including phenoxy) is 2. The summed E-state index contributed by atoms with van der Waals surface area (Å²) in [5.74, 6) is 0.734. The average molecular weight is 253 g/mol. The highest BCUT2D eigenvalue weighted by Gasteiger charge is 2.11. The number of rotatable bonds is 7. The molecule has 1 rings (SSSR count). The summed E-state index contributed by atoms with van der Waals surface area (Å²) in [6.45, 7) is 6.56. The van der Waals surface area contributed by atoms with E-state index < -0.39 is 0 Å². The molecular formula is C14H23NO3. The smallest absolute Gasteiger partial charge is 0.124 e. The zero-order valence-electron chi connectivity index (χ0n) is 11.6. The van der Waals surface area contributed by atoms with Gasteiger partial charge in [0.1, 0.15) is 5.75 Å². The third-order valence-electron chi connectivity index (χ3n) is 3.00. The normalized spacial score (nSPS) is 14.1. The molecule has 4 heteroatoms. The average Bonchev–Trinajstić information content (AvgIpc) is 2.39. The van der Waals surface area contributed by atoms with Gasteiger partial charge in [0.05, 0.1) is 19.3 Å². The summed E-state index contributed by atoms with van der Waals surface area (Å²) in [7, 11) is 1.69. The zero-order chi connectivity index (χ0) is 13.5. The lowest BCUT2D eigenvalue weighted by Gasteiger charge is -2.21. The van der Waals surface area contributed by atoms with E-state index in [9.17, 15) is 5.11 Å². The van der Waals surface area contributed by atoms with E-state index >= 15 is 0 Å². The fourth-order valence-corrected chi connectivity index (χ4v) is 1.67. The molecule has 0 heterocycles. The third-order valence-corrected chi connectivity index (χ3v) is 3.00. The second-order valence-corrected chi connectivity index (χ2v) is 4.29. The van der Waals surface area contributed by atoms with Crippen molar-refractivity contribution < 1.29 is 14.6 Å². The van der Waals surface area contributed by atoms with Crippen LogP contribution in [0.3, 0.4) is 0 Å². The topological polar surface area (TPSA) is 50.7 Å². The molecule has 0 aliphatic heterocycles. The first-order valence-electron chi connectivity index (χ1n) is 6.28. The highest BCUT2D eigenvalue weighted by molar-refractivity contribution is 5.51. The molecule has 0 aliphatic carbocycles. The van der Waals surface area contributed by atoms with Crippen molar-refractivity contribution in [2.24, 2.45) is 0 Å². The van der Waals surface area contributed by atoms with Gasteiger partial charge in [-0.1, -0.05) is 0 Å². The maximum absolute atomic E-state index is 9.33. The highest BCUT2D eigenvalue weighted by Crippen LogP contribution is 2.23. The van der Waals surface area contributed by atoms with E-state index in [1.54, 1.807) is 7.11 Å². The van der Waals surface area contributed by atoms with Crippen LogP contribution in [0.4, 0.5) is 5.69 Å². The summed E-state index contributed by atoms with van der Waals surface area (Å²) in [6, 6.07) is 5.92. The summed E-state index contributed by atoms with van der Waals surface area (Å²) in [5.41, 5.74) is 1.75. The van der Waals surface area contributed by atoms with Crippen molar-refractivity contribution in [1.29, 1.82) is 0 Å². The lowest BCUT2D eigenvalue weighted by Crippen LogP contribution is -2.29. The van der Waals surface area contributed by atoms with E-state index in [-0.39, 0.29) is 18.8 Å². The first-order valence-corrected chi connectivity index (χ1v) is 6.28. The Morgan fingerprint density at radius 3 is 2.61 bits per heavy atom. The Balaban J connectivity index is 2.79. The lowest BCUT2D eigenvalue weighted by molar-refractivity contribution is 0.106. The van der Waals surface area contributed by atoms with Crippen LogP contribution < -0.4 is 10.1 Å². The fourth-order valence-electron chi connectivity index (χ4n) is 1.67. The van der Waals surface area contributed by atoms with Crippen LogP contribution in [0.15, 0.2) is 18.2 Å². The number of aliphatic hydroxyl groups excluding tert-OH is 1. The Bertz CT molecular complexity index is 368. The summed E-state index contributed by atoms with van der Waals surface area (Å²) in [6.07, 6.45) is 0.120. The second kappa shape index (κ2) is 7.24. The number of benzene rings is 1. The van der Waals surface area contributed by atoms with Crippen molar-refractivity contribution in [1.82, 2.24) is 0 Å². The molecule has 1 aromatic carbocycles. The SMILES string of the molecule is CCOc1ccc(NC(C)C(C)OC)cc1CO. The van der Waals surface area contributed by atoms with Crippen LogP contribution in [0, 0.1) is 0 Å². The zero-order valence-corrected chi connectivity index (χ0v) is 11.6. The monoisotopic (exact) mass is 253 g/mol. The lowest BCUT2D eigenvalue weighted by atomic mass is 10.1. The van der Waals surface area contributed by atoms with Gasteiger partial charge in [-0.3, -0.25) is 0 Å². The molecule has 0 aliphatic rings. The Morgan fingerprint density at radius 2 is 2.06 bits per heavy atom. The van der Waals surface area contributed by atoms with Crippen molar-refractivity contribution >= 4 is 5.69 Å². The number of hydrogen-bond donors (Lipinski definition) is 2. The molecule has 18 heavy (non-hydrogen) atoms. The van der Waals surface area contributed by atoms with E-state index in [0.717, 1.165) is 17.0 Å². The van der Waals surface area contributed by atoms with Crippen molar-refractivity contribution in [2.45, 2.75) is 39.5 Å². The molecule has 0 bridgehead atoms. The van der Waals surface area contributed by atoms with Crippen LogP contribution in [0.2, 0.25) is 0 Å². The fraction of sp³-hybridized carbons (Fsp3) is 0.571. The van der Waals surface area contributed by atoms with Crippen molar-refractivity contribution in [3.05, 3.63) is 23.8 Å². The van der Waals surface area contributed by atoms with E-state index in [0.29, 0.717) is 6.61 Å². The minimum atomic E-state index is -0.0287. The number of anilines is 1. The highest BCUT2D eigenvalue weighted by atomic mass is 16.5. The maximum atomic E-state index is 9.33. The molecule has 0 saturated heterocycles. The molecule has 0 spiro atoms. The van der Waals surface area contributed by atoms with Gasteiger partial charge in [-0.05, 0) is 39.0 Å². The van der Waals surface area contributed by atoms with Crippen LogP contribution in [-0.2, 0) is 11.3 Å². The molecule has 0 fully saturated rings. The molecule has 2 atom stereocenters. The molecule has 2 unspecified atom stereocenters. The number of hydrogen-bond acceptors (Lipinski definition) is 4. The van der Waals surface area contributed by atoms with Gasteiger partial charge in [0, 0.05) is 24.4 Å². The molecule has 0 saturated carbocycles. The largest absolute Gasteiger partial charge is 0.494 e. The van der Waals surface area contributed by atoms with Gasteiger partial charge in [-0.25, -0.2) is 0 Å². The Hall–Kier alpha value is -1.26. The van der Waals surface area contributed by atoms with Crippen LogP contribution in [0.1, 0.15) is 26.3 Å². The second-order valence-electron chi connectivity index (χ2n) is 4.29. The van der Waals surface area contributed by atoms with E-state index in [1.165, 1.54) is 0 Å². The standard InChI is InChI=1S/C14H23NO3/c1-5-18-14-7-6-13(8-12(14)9-16)15-10(2)11(3)17-4/h6-8,10-11,15-16H,5,9H2,1-4H3. The molecule has 102 valence electrons.